The normalized spacial score (nSPS) is 9.71. The van der Waals surface area contributed by atoms with Crippen molar-refractivity contribution in [3.8, 4) is 0 Å². The first-order chi connectivity index (χ1) is 9.91. The van der Waals surface area contributed by atoms with E-state index in [-0.39, 0.29) is 68.5 Å². The molecule has 0 unspecified atom stereocenters. The summed E-state index contributed by atoms with van der Waals surface area (Å²) >= 11 is 0. The number of phosphoric acid groups is 1. The fraction of sp³-hybridized carbons (Fsp3) is 0.938. The largest absolute Gasteiger partial charge is 2.00 e. The van der Waals surface area contributed by atoms with Crippen molar-refractivity contribution in [2.45, 2.75) is 96.8 Å². The second-order valence-corrected chi connectivity index (χ2v) is 6.44. The average Bonchev–Trinajstić information content (AvgIpc) is 2.38. The third-order valence-electron chi connectivity index (χ3n) is 3.35. The molecule has 0 amide bonds. The Morgan fingerprint density at radius 2 is 0.875 bits per heavy atom. The second-order valence-electron chi connectivity index (χ2n) is 5.54. The Hall–Kier alpha value is 2.36. The van der Waals surface area contributed by atoms with Crippen LogP contribution >= 0.6 is 7.82 Å². The maximum absolute atomic E-state index is 8.55. The topological polar surface area (TPSA) is 86.2 Å². The minimum absolute atomic E-state index is 0. The molecule has 4 nitrogen and oxygen atoms in total. The van der Waals surface area contributed by atoms with Crippen molar-refractivity contribution in [1.29, 1.82) is 0 Å². The molecule has 0 saturated carbocycles. The SMILES string of the molecule is O=P([O-])([O-])[O-].[CH2-]CCCCCCCCCCCCCCC.[Na+].[Zn+2].[Zn+2]. The number of hydrogen-bond donors (Lipinski definition) is 0. The van der Waals surface area contributed by atoms with Crippen LogP contribution in [-0.4, -0.2) is 0 Å². The third-order valence-corrected chi connectivity index (χ3v) is 3.35. The smallest absolute Gasteiger partial charge is 0.822 e. The monoisotopic (exact) mass is 471 g/mol. The van der Waals surface area contributed by atoms with Crippen LogP contribution in [0.15, 0.2) is 0 Å². The molecular formula is C16H33NaO4PZn2+. The van der Waals surface area contributed by atoms with E-state index in [4.69, 9.17) is 19.2 Å². The van der Waals surface area contributed by atoms with Gasteiger partial charge in [-0.05, 0) is 0 Å². The van der Waals surface area contributed by atoms with Gasteiger partial charge in [-0.2, -0.15) is 14.2 Å². The van der Waals surface area contributed by atoms with Crippen LogP contribution in [0.4, 0.5) is 0 Å². The molecule has 8 heteroatoms. The molecule has 0 N–H and O–H groups in total. The molecule has 0 aromatic heterocycles. The van der Waals surface area contributed by atoms with Gasteiger partial charge in [-0.1, -0.05) is 90.4 Å². The number of unbranched alkanes of at least 4 members (excludes halogenated alkanes) is 13. The van der Waals surface area contributed by atoms with Gasteiger partial charge >= 0.3 is 68.5 Å². The molecule has 0 atom stereocenters. The zero-order valence-electron chi connectivity index (χ0n) is 16.1. The van der Waals surface area contributed by atoms with E-state index in [1.54, 1.807) is 0 Å². The summed E-state index contributed by atoms with van der Waals surface area (Å²) in [6, 6.07) is 0. The zero-order valence-corrected chi connectivity index (χ0v) is 24.9. The minimum atomic E-state index is -5.39. The maximum Gasteiger partial charge on any atom is 2.00 e. The summed E-state index contributed by atoms with van der Waals surface area (Å²) in [7, 11) is -5.39. The fourth-order valence-corrected chi connectivity index (χ4v) is 2.19. The molecule has 130 valence electrons. The van der Waals surface area contributed by atoms with Crippen LogP contribution < -0.4 is 44.2 Å². The van der Waals surface area contributed by atoms with Gasteiger partial charge in [-0.15, -0.1) is 0 Å². The van der Waals surface area contributed by atoms with Crippen LogP contribution in [0.25, 0.3) is 0 Å². The zero-order chi connectivity index (χ0) is 16.4. The second kappa shape index (κ2) is 30.1. The van der Waals surface area contributed by atoms with Crippen LogP contribution in [0.2, 0.25) is 0 Å². The predicted octanol–water partition coefficient (Wildman–Crippen LogP) is 0.476. The van der Waals surface area contributed by atoms with Crippen LogP contribution in [0.3, 0.4) is 0 Å². The molecule has 0 aromatic carbocycles. The van der Waals surface area contributed by atoms with Gasteiger partial charge < -0.3 is 26.2 Å². The molecule has 0 aromatic rings. The molecule has 0 radical (unpaired) electrons. The molecule has 0 spiro atoms. The van der Waals surface area contributed by atoms with Crippen molar-refractivity contribution in [3.05, 3.63) is 6.92 Å². The molecule has 0 aliphatic heterocycles. The Labute approximate surface area is 197 Å². The summed E-state index contributed by atoms with van der Waals surface area (Å²) in [6.45, 7) is 6.16. The van der Waals surface area contributed by atoms with Crippen molar-refractivity contribution in [2.24, 2.45) is 0 Å². The van der Waals surface area contributed by atoms with E-state index in [9.17, 15) is 0 Å². The molecule has 0 aliphatic carbocycles. The van der Waals surface area contributed by atoms with Crippen molar-refractivity contribution in [3.63, 3.8) is 0 Å². The Morgan fingerprint density at radius 3 is 1.08 bits per heavy atom. The Morgan fingerprint density at radius 1 is 0.667 bits per heavy atom. The first-order valence-corrected chi connectivity index (χ1v) is 9.90. The fourth-order valence-electron chi connectivity index (χ4n) is 2.19. The summed E-state index contributed by atoms with van der Waals surface area (Å²) in [5.41, 5.74) is 0. The third kappa shape index (κ3) is 56.3. The molecule has 0 aliphatic rings. The van der Waals surface area contributed by atoms with Gasteiger partial charge in [0.1, 0.15) is 0 Å². The average molecular weight is 474 g/mol. The van der Waals surface area contributed by atoms with Gasteiger partial charge in [0.05, 0.1) is 0 Å². The van der Waals surface area contributed by atoms with E-state index in [0.717, 1.165) is 6.42 Å². The summed E-state index contributed by atoms with van der Waals surface area (Å²) in [6.07, 6.45) is 19.8. The summed E-state index contributed by atoms with van der Waals surface area (Å²) < 4.78 is 8.55. The van der Waals surface area contributed by atoms with Crippen molar-refractivity contribution in [2.75, 3.05) is 0 Å². The van der Waals surface area contributed by atoms with Gasteiger partial charge in [0, 0.05) is 0 Å². The van der Waals surface area contributed by atoms with Crippen molar-refractivity contribution >= 4 is 7.82 Å². The van der Waals surface area contributed by atoms with Crippen LogP contribution in [0, 0.1) is 6.92 Å². The van der Waals surface area contributed by atoms with Gasteiger partial charge in [0.2, 0.25) is 0 Å². The van der Waals surface area contributed by atoms with E-state index < -0.39 is 7.82 Å². The first-order valence-electron chi connectivity index (χ1n) is 8.44. The molecular weight excluding hydrogens is 441 g/mol. The number of rotatable bonds is 13. The Kier molecular flexibility index (Phi) is 46.6. The van der Waals surface area contributed by atoms with Crippen LogP contribution in [0.1, 0.15) is 96.8 Å². The van der Waals surface area contributed by atoms with Crippen LogP contribution in [0.5, 0.6) is 0 Å². The van der Waals surface area contributed by atoms with Gasteiger partial charge in [0.25, 0.3) is 0 Å². The molecule has 0 heterocycles. The van der Waals surface area contributed by atoms with Crippen LogP contribution in [-0.2, 0) is 43.5 Å². The van der Waals surface area contributed by atoms with Gasteiger partial charge in [-0.25, -0.2) is 0 Å². The quantitative estimate of drug-likeness (QED) is 0.168. The Bertz CT molecular complexity index is 222. The molecule has 0 bridgehead atoms. The van der Waals surface area contributed by atoms with E-state index >= 15 is 0 Å². The summed E-state index contributed by atoms with van der Waals surface area (Å²) in [5.74, 6) is 0. The van der Waals surface area contributed by atoms with E-state index in [0.29, 0.717) is 0 Å². The first kappa shape index (κ1) is 37.2. The van der Waals surface area contributed by atoms with Gasteiger partial charge in [0.15, 0.2) is 0 Å². The molecule has 0 rings (SSSR count). The standard InChI is InChI=1S/C16H33.Na.H3O4P.2Zn/c1-3-5-7-9-11-13-15-16-14-12-10-8-6-4-2;;1-5(2,3)4;;/h1,3-16H2,2H3;;(H3,1,2,3,4);;/q-1;+1;;2*+2/p-3. The van der Waals surface area contributed by atoms with Crippen molar-refractivity contribution < 1.29 is 87.8 Å². The maximum atomic E-state index is 8.55. The Balaban J connectivity index is -0.000000132. The van der Waals surface area contributed by atoms with E-state index in [2.05, 4.69) is 13.8 Å². The molecule has 24 heavy (non-hydrogen) atoms. The van der Waals surface area contributed by atoms with Gasteiger partial charge in [-0.3, -0.25) is 0 Å². The minimum Gasteiger partial charge on any atom is -0.822 e. The number of hydrogen-bond acceptors (Lipinski definition) is 4. The van der Waals surface area contributed by atoms with E-state index in [1.165, 1.54) is 83.5 Å². The van der Waals surface area contributed by atoms with Crippen molar-refractivity contribution in [1.82, 2.24) is 0 Å². The predicted molar refractivity (Wildman–Crippen MR) is 83.3 cm³/mol. The summed E-state index contributed by atoms with van der Waals surface area (Å²) in [4.78, 5) is 25.6. The van der Waals surface area contributed by atoms with E-state index in [1.807, 2.05) is 0 Å². The molecule has 0 saturated heterocycles. The molecule has 0 fully saturated rings. The summed E-state index contributed by atoms with van der Waals surface area (Å²) in [5, 5.41) is 0.